The molecule has 0 unspecified atom stereocenters. The summed E-state index contributed by atoms with van der Waals surface area (Å²) in [5, 5.41) is 10.6. The van der Waals surface area contributed by atoms with E-state index < -0.39 is 0 Å². The summed E-state index contributed by atoms with van der Waals surface area (Å²) in [6.07, 6.45) is 0. The zero-order chi connectivity index (χ0) is 16.8. The molecule has 124 valence electrons. The molecule has 0 spiro atoms. The summed E-state index contributed by atoms with van der Waals surface area (Å²) in [6, 6.07) is 8.45. The van der Waals surface area contributed by atoms with E-state index in [1.54, 1.807) is 7.05 Å². The SMILES string of the molecule is CN=C(NCc1cc(C(C)C)no1)NCc1ccc(C)cc1C. The van der Waals surface area contributed by atoms with Gasteiger partial charge in [0.2, 0.25) is 0 Å². The first-order chi connectivity index (χ1) is 11.0. The summed E-state index contributed by atoms with van der Waals surface area (Å²) < 4.78 is 5.32. The molecular formula is C18H26N4O. The van der Waals surface area contributed by atoms with Gasteiger partial charge in [-0.25, -0.2) is 0 Å². The largest absolute Gasteiger partial charge is 0.359 e. The molecule has 0 aliphatic rings. The quantitative estimate of drug-likeness (QED) is 0.657. The van der Waals surface area contributed by atoms with Gasteiger partial charge in [-0.2, -0.15) is 0 Å². The maximum atomic E-state index is 5.32. The van der Waals surface area contributed by atoms with Crippen molar-refractivity contribution in [1.29, 1.82) is 0 Å². The van der Waals surface area contributed by atoms with Crippen molar-refractivity contribution in [3.63, 3.8) is 0 Å². The molecule has 0 aliphatic carbocycles. The summed E-state index contributed by atoms with van der Waals surface area (Å²) in [5.41, 5.74) is 4.80. The molecule has 0 radical (unpaired) electrons. The Labute approximate surface area is 138 Å². The third kappa shape index (κ3) is 4.84. The van der Waals surface area contributed by atoms with Crippen LogP contribution in [-0.2, 0) is 13.1 Å². The molecule has 1 aromatic carbocycles. The average molecular weight is 314 g/mol. The summed E-state index contributed by atoms with van der Waals surface area (Å²) >= 11 is 0. The third-order valence-electron chi connectivity index (χ3n) is 3.77. The van der Waals surface area contributed by atoms with Crippen molar-refractivity contribution in [3.05, 3.63) is 52.4 Å². The molecule has 0 fully saturated rings. The standard InChI is InChI=1S/C18H26N4O/c1-12(2)17-9-16(23-22-17)11-21-18(19-5)20-10-15-7-6-13(3)8-14(15)4/h6-9,12H,10-11H2,1-5H3,(H2,19,20,21). The Hall–Kier alpha value is -2.30. The molecule has 0 amide bonds. The maximum absolute atomic E-state index is 5.32. The number of hydrogen-bond donors (Lipinski definition) is 2. The molecule has 2 rings (SSSR count). The summed E-state index contributed by atoms with van der Waals surface area (Å²) in [7, 11) is 1.76. The van der Waals surface area contributed by atoms with Crippen molar-refractivity contribution < 1.29 is 4.52 Å². The van der Waals surface area contributed by atoms with Crippen LogP contribution in [0.1, 0.15) is 47.9 Å². The lowest BCUT2D eigenvalue weighted by Gasteiger charge is -2.12. The molecule has 23 heavy (non-hydrogen) atoms. The number of nitrogens with zero attached hydrogens (tertiary/aromatic N) is 2. The minimum Gasteiger partial charge on any atom is -0.359 e. The minimum atomic E-state index is 0.370. The van der Waals surface area contributed by atoms with Crippen molar-refractivity contribution in [3.8, 4) is 0 Å². The van der Waals surface area contributed by atoms with Crippen molar-refractivity contribution in [2.45, 2.75) is 46.7 Å². The van der Waals surface area contributed by atoms with Gasteiger partial charge in [-0.1, -0.05) is 42.8 Å². The molecule has 5 nitrogen and oxygen atoms in total. The number of benzene rings is 1. The smallest absolute Gasteiger partial charge is 0.191 e. The highest BCUT2D eigenvalue weighted by Crippen LogP contribution is 2.13. The van der Waals surface area contributed by atoms with Crippen LogP contribution in [0, 0.1) is 13.8 Å². The Morgan fingerprint density at radius 1 is 1.17 bits per heavy atom. The first-order valence-electron chi connectivity index (χ1n) is 7.95. The van der Waals surface area contributed by atoms with Crippen LogP contribution in [0.25, 0.3) is 0 Å². The second kappa shape index (κ2) is 7.81. The van der Waals surface area contributed by atoms with Gasteiger partial charge >= 0.3 is 0 Å². The number of guanidine groups is 1. The van der Waals surface area contributed by atoms with Gasteiger partial charge in [0.05, 0.1) is 12.2 Å². The maximum Gasteiger partial charge on any atom is 0.191 e. The Morgan fingerprint density at radius 2 is 1.91 bits per heavy atom. The Balaban J connectivity index is 1.88. The van der Waals surface area contributed by atoms with Crippen LogP contribution in [0.5, 0.6) is 0 Å². The van der Waals surface area contributed by atoms with Gasteiger partial charge in [-0.05, 0) is 30.9 Å². The number of hydrogen-bond acceptors (Lipinski definition) is 3. The monoisotopic (exact) mass is 314 g/mol. The zero-order valence-electron chi connectivity index (χ0n) is 14.6. The first kappa shape index (κ1) is 17.1. The van der Waals surface area contributed by atoms with Gasteiger partial charge in [-0.3, -0.25) is 4.99 Å². The predicted octanol–water partition coefficient (Wildman–Crippen LogP) is 3.28. The molecule has 0 bridgehead atoms. The van der Waals surface area contributed by atoms with Gasteiger partial charge < -0.3 is 15.2 Å². The number of nitrogens with one attached hydrogen (secondary N) is 2. The number of rotatable bonds is 5. The van der Waals surface area contributed by atoms with E-state index in [1.165, 1.54) is 16.7 Å². The van der Waals surface area contributed by atoms with Gasteiger partial charge in [-0.15, -0.1) is 0 Å². The highest BCUT2D eigenvalue weighted by molar-refractivity contribution is 5.79. The van der Waals surface area contributed by atoms with Crippen molar-refractivity contribution >= 4 is 5.96 Å². The van der Waals surface area contributed by atoms with E-state index in [1.807, 2.05) is 6.07 Å². The molecule has 0 aliphatic heterocycles. The van der Waals surface area contributed by atoms with Gasteiger partial charge in [0, 0.05) is 19.7 Å². The van der Waals surface area contributed by atoms with Crippen molar-refractivity contribution in [2.75, 3.05) is 7.05 Å². The van der Waals surface area contributed by atoms with E-state index >= 15 is 0 Å². The Morgan fingerprint density at radius 3 is 2.52 bits per heavy atom. The van der Waals surface area contributed by atoms with Gasteiger partial charge in [0.1, 0.15) is 0 Å². The topological polar surface area (TPSA) is 62.5 Å². The van der Waals surface area contributed by atoms with E-state index in [9.17, 15) is 0 Å². The van der Waals surface area contributed by atoms with Crippen LogP contribution in [0.3, 0.4) is 0 Å². The van der Waals surface area contributed by atoms with E-state index in [2.05, 4.69) is 66.7 Å². The average Bonchev–Trinajstić information content (AvgIpc) is 2.98. The number of aryl methyl sites for hydroxylation is 2. The second-order valence-corrected chi connectivity index (χ2v) is 6.08. The molecular weight excluding hydrogens is 288 g/mol. The summed E-state index contributed by atoms with van der Waals surface area (Å²) in [6.45, 7) is 9.72. The summed E-state index contributed by atoms with van der Waals surface area (Å²) in [5.74, 6) is 1.92. The number of aliphatic imine (C=N–C) groups is 1. The fourth-order valence-electron chi connectivity index (χ4n) is 2.30. The first-order valence-corrected chi connectivity index (χ1v) is 7.95. The lowest BCUT2D eigenvalue weighted by atomic mass is 10.1. The third-order valence-corrected chi connectivity index (χ3v) is 3.77. The van der Waals surface area contributed by atoms with E-state index in [0.29, 0.717) is 12.5 Å². The fraction of sp³-hybridized carbons (Fsp3) is 0.444. The molecule has 2 N–H and O–H groups in total. The van der Waals surface area contributed by atoms with Crippen LogP contribution in [0.4, 0.5) is 0 Å². The van der Waals surface area contributed by atoms with Crippen molar-refractivity contribution in [2.24, 2.45) is 4.99 Å². The summed E-state index contributed by atoms with van der Waals surface area (Å²) in [4.78, 5) is 4.24. The van der Waals surface area contributed by atoms with Gasteiger partial charge in [0.25, 0.3) is 0 Å². The van der Waals surface area contributed by atoms with E-state index in [-0.39, 0.29) is 0 Å². The van der Waals surface area contributed by atoms with E-state index in [4.69, 9.17) is 4.52 Å². The van der Waals surface area contributed by atoms with Crippen LogP contribution in [-0.4, -0.2) is 18.2 Å². The highest BCUT2D eigenvalue weighted by Gasteiger charge is 2.08. The lowest BCUT2D eigenvalue weighted by Crippen LogP contribution is -2.36. The van der Waals surface area contributed by atoms with Crippen molar-refractivity contribution in [1.82, 2.24) is 15.8 Å². The second-order valence-electron chi connectivity index (χ2n) is 6.08. The Bertz CT molecular complexity index is 673. The van der Waals surface area contributed by atoms with Crippen LogP contribution in [0.15, 0.2) is 33.8 Å². The Kier molecular flexibility index (Phi) is 5.79. The molecule has 2 aromatic rings. The number of aromatic nitrogens is 1. The molecule has 0 saturated carbocycles. The van der Waals surface area contributed by atoms with Crippen LogP contribution in [0.2, 0.25) is 0 Å². The molecule has 1 aromatic heterocycles. The molecule has 5 heteroatoms. The van der Waals surface area contributed by atoms with Crippen LogP contribution < -0.4 is 10.6 Å². The molecule has 0 saturated heterocycles. The zero-order valence-corrected chi connectivity index (χ0v) is 14.6. The fourth-order valence-corrected chi connectivity index (χ4v) is 2.30. The van der Waals surface area contributed by atoms with Gasteiger partial charge in [0.15, 0.2) is 11.7 Å². The molecule has 0 atom stereocenters. The predicted molar refractivity (Wildman–Crippen MR) is 93.5 cm³/mol. The van der Waals surface area contributed by atoms with Crippen LogP contribution >= 0.6 is 0 Å². The normalized spacial score (nSPS) is 11.8. The lowest BCUT2D eigenvalue weighted by molar-refractivity contribution is 0.372. The van der Waals surface area contributed by atoms with E-state index in [0.717, 1.165) is 24.0 Å². The minimum absolute atomic E-state index is 0.370. The molecule has 1 heterocycles. The highest BCUT2D eigenvalue weighted by atomic mass is 16.5.